The number of carbonyl (C=O) groups is 1. The van der Waals surface area contributed by atoms with E-state index in [0.29, 0.717) is 37.9 Å². The maximum Gasteiger partial charge on any atom is 0.289 e. The first kappa shape index (κ1) is 18.0. The average Bonchev–Trinajstić information content (AvgIpc) is 3.29. The zero-order chi connectivity index (χ0) is 19.3. The van der Waals surface area contributed by atoms with Gasteiger partial charge in [0.25, 0.3) is 5.91 Å². The number of piperazine rings is 1. The highest BCUT2D eigenvalue weighted by Crippen LogP contribution is 2.19. The first-order valence-corrected chi connectivity index (χ1v) is 9.49. The van der Waals surface area contributed by atoms with E-state index in [1.165, 1.54) is 11.8 Å². The summed E-state index contributed by atoms with van der Waals surface area (Å²) >= 11 is 0. The molecule has 7 nitrogen and oxygen atoms in total. The number of nitrogens with one attached hydrogen (secondary N) is 1. The lowest BCUT2D eigenvalue weighted by atomic mass is 10.1. The third kappa shape index (κ3) is 3.98. The van der Waals surface area contributed by atoms with E-state index in [1.807, 2.05) is 23.1 Å². The van der Waals surface area contributed by atoms with Gasteiger partial charge in [0.15, 0.2) is 5.76 Å². The number of aromatic nitrogens is 2. The van der Waals surface area contributed by atoms with Crippen LogP contribution in [0.25, 0.3) is 0 Å². The van der Waals surface area contributed by atoms with Crippen LogP contribution in [0.4, 0.5) is 17.5 Å². The van der Waals surface area contributed by atoms with Crippen molar-refractivity contribution in [2.75, 3.05) is 36.4 Å². The van der Waals surface area contributed by atoms with E-state index in [0.717, 1.165) is 17.9 Å². The summed E-state index contributed by atoms with van der Waals surface area (Å²) in [6.07, 6.45) is 4.29. The van der Waals surface area contributed by atoms with E-state index < -0.39 is 0 Å². The Morgan fingerprint density at radius 3 is 2.57 bits per heavy atom. The third-order valence-corrected chi connectivity index (χ3v) is 4.88. The Hall–Kier alpha value is -3.35. The van der Waals surface area contributed by atoms with Gasteiger partial charge in [-0.2, -0.15) is 4.98 Å². The largest absolute Gasteiger partial charge is 0.459 e. The van der Waals surface area contributed by atoms with E-state index >= 15 is 0 Å². The Morgan fingerprint density at radius 2 is 1.89 bits per heavy atom. The Kier molecular flexibility index (Phi) is 5.23. The number of hydrogen-bond donors (Lipinski definition) is 1. The molecular weight excluding hydrogens is 354 g/mol. The highest BCUT2D eigenvalue weighted by molar-refractivity contribution is 5.91. The zero-order valence-electron chi connectivity index (χ0n) is 15.8. The zero-order valence-corrected chi connectivity index (χ0v) is 15.8. The Labute approximate surface area is 164 Å². The molecule has 144 valence electrons. The van der Waals surface area contributed by atoms with E-state index in [4.69, 9.17) is 4.42 Å². The Bertz CT molecular complexity index is 916. The van der Waals surface area contributed by atoms with Crippen LogP contribution in [0.2, 0.25) is 0 Å². The van der Waals surface area contributed by atoms with Crippen molar-refractivity contribution in [3.8, 4) is 0 Å². The van der Waals surface area contributed by atoms with Gasteiger partial charge in [0.1, 0.15) is 5.82 Å². The summed E-state index contributed by atoms with van der Waals surface area (Å²) < 4.78 is 5.21. The van der Waals surface area contributed by atoms with Gasteiger partial charge in [-0.05, 0) is 42.3 Å². The minimum atomic E-state index is -0.0646. The molecule has 1 aromatic carbocycles. The number of carbonyl (C=O) groups excluding carboxylic acids is 1. The fourth-order valence-electron chi connectivity index (χ4n) is 3.23. The Balaban J connectivity index is 1.38. The highest BCUT2D eigenvalue weighted by Gasteiger charge is 2.24. The molecule has 3 aromatic rings. The molecular formula is C21H23N5O2. The van der Waals surface area contributed by atoms with Gasteiger partial charge in [-0.25, -0.2) is 4.98 Å². The number of aryl methyl sites for hydroxylation is 1. The molecule has 0 unspecified atom stereocenters. The van der Waals surface area contributed by atoms with E-state index in [-0.39, 0.29) is 5.91 Å². The molecule has 1 amide bonds. The molecule has 28 heavy (non-hydrogen) atoms. The van der Waals surface area contributed by atoms with Crippen LogP contribution in [-0.2, 0) is 6.42 Å². The minimum Gasteiger partial charge on any atom is -0.459 e. The van der Waals surface area contributed by atoms with Crippen LogP contribution in [0, 0.1) is 0 Å². The van der Waals surface area contributed by atoms with Gasteiger partial charge >= 0.3 is 0 Å². The fourth-order valence-corrected chi connectivity index (χ4v) is 3.23. The third-order valence-electron chi connectivity index (χ3n) is 4.88. The number of hydrogen-bond acceptors (Lipinski definition) is 6. The van der Waals surface area contributed by atoms with Gasteiger partial charge in [0.05, 0.1) is 6.26 Å². The lowest BCUT2D eigenvalue weighted by molar-refractivity contribution is 0.0714. The van der Waals surface area contributed by atoms with E-state index in [1.54, 1.807) is 18.3 Å². The van der Waals surface area contributed by atoms with Crippen LogP contribution in [0.1, 0.15) is 23.0 Å². The first-order valence-electron chi connectivity index (χ1n) is 9.49. The summed E-state index contributed by atoms with van der Waals surface area (Å²) in [6, 6.07) is 13.6. The number of furan rings is 1. The van der Waals surface area contributed by atoms with Crippen molar-refractivity contribution in [2.45, 2.75) is 13.3 Å². The normalized spacial score (nSPS) is 14.2. The van der Waals surface area contributed by atoms with Crippen LogP contribution in [0.15, 0.2) is 59.3 Å². The molecule has 2 aromatic heterocycles. The second kappa shape index (κ2) is 8.12. The SMILES string of the molecule is CCc1ccc(Nc2nccc(N3CCN(C(=O)c4ccco4)CC3)n2)cc1. The summed E-state index contributed by atoms with van der Waals surface area (Å²) in [4.78, 5) is 25.3. The molecule has 1 aliphatic rings. The topological polar surface area (TPSA) is 74.5 Å². The lowest BCUT2D eigenvalue weighted by Crippen LogP contribution is -2.49. The van der Waals surface area contributed by atoms with Gasteiger partial charge in [-0.3, -0.25) is 4.79 Å². The van der Waals surface area contributed by atoms with Crippen molar-refractivity contribution in [1.29, 1.82) is 0 Å². The van der Waals surface area contributed by atoms with Gasteiger partial charge in [0, 0.05) is 38.1 Å². The molecule has 0 spiro atoms. The molecule has 0 atom stereocenters. The Morgan fingerprint density at radius 1 is 1.11 bits per heavy atom. The summed E-state index contributed by atoms with van der Waals surface area (Å²) in [5.41, 5.74) is 2.25. The van der Waals surface area contributed by atoms with Crippen molar-refractivity contribution >= 4 is 23.4 Å². The van der Waals surface area contributed by atoms with Crippen molar-refractivity contribution in [3.05, 3.63) is 66.2 Å². The van der Waals surface area contributed by atoms with Crippen molar-refractivity contribution in [1.82, 2.24) is 14.9 Å². The predicted molar refractivity (Wildman–Crippen MR) is 108 cm³/mol. The summed E-state index contributed by atoms with van der Waals surface area (Å²) in [6.45, 7) is 4.83. The van der Waals surface area contributed by atoms with Crippen LogP contribution in [0.3, 0.4) is 0 Å². The maximum absolute atomic E-state index is 12.4. The van der Waals surface area contributed by atoms with Crippen molar-refractivity contribution in [3.63, 3.8) is 0 Å². The van der Waals surface area contributed by atoms with Crippen LogP contribution in [-0.4, -0.2) is 47.0 Å². The van der Waals surface area contributed by atoms with Gasteiger partial charge < -0.3 is 19.5 Å². The molecule has 1 aliphatic heterocycles. The van der Waals surface area contributed by atoms with E-state index in [2.05, 4.69) is 39.2 Å². The molecule has 0 bridgehead atoms. The van der Waals surface area contributed by atoms with E-state index in [9.17, 15) is 4.79 Å². The maximum atomic E-state index is 12.4. The molecule has 1 fully saturated rings. The van der Waals surface area contributed by atoms with Gasteiger partial charge in [-0.1, -0.05) is 19.1 Å². The first-order chi connectivity index (χ1) is 13.7. The highest BCUT2D eigenvalue weighted by atomic mass is 16.3. The fraction of sp³-hybridized carbons (Fsp3) is 0.286. The molecule has 7 heteroatoms. The minimum absolute atomic E-state index is 0.0646. The molecule has 1 saturated heterocycles. The molecule has 0 radical (unpaired) electrons. The molecule has 4 rings (SSSR count). The quantitative estimate of drug-likeness (QED) is 0.735. The van der Waals surface area contributed by atoms with Gasteiger partial charge in [-0.15, -0.1) is 0 Å². The second-order valence-corrected chi connectivity index (χ2v) is 6.67. The number of anilines is 3. The van der Waals surface area contributed by atoms with Crippen LogP contribution >= 0.6 is 0 Å². The number of nitrogens with zero attached hydrogens (tertiary/aromatic N) is 4. The smallest absolute Gasteiger partial charge is 0.289 e. The second-order valence-electron chi connectivity index (χ2n) is 6.67. The van der Waals surface area contributed by atoms with Crippen molar-refractivity contribution < 1.29 is 9.21 Å². The number of benzene rings is 1. The summed E-state index contributed by atoms with van der Waals surface area (Å²) in [5, 5.41) is 3.25. The summed E-state index contributed by atoms with van der Waals surface area (Å²) in [7, 11) is 0. The number of amides is 1. The lowest BCUT2D eigenvalue weighted by Gasteiger charge is -2.35. The molecule has 1 N–H and O–H groups in total. The van der Waals surface area contributed by atoms with Crippen molar-refractivity contribution in [2.24, 2.45) is 0 Å². The average molecular weight is 377 g/mol. The van der Waals surface area contributed by atoms with Gasteiger partial charge in [0.2, 0.25) is 5.95 Å². The molecule has 3 heterocycles. The monoisotopic (exact) mass is 377 g/mol. The molecule has 0 saturated carbocycles. The number of rotatable bonds is 5. The van der Waals surface area contributed by atoms with Crippen LogP contribution < -0.4 is 10.2 Å². The molecule has 0 aliphatic carbocycles. The standard InChI is InChI=1S/C21H23N5O2/c1-2-16-5-7-17(8-6-16)23-21-22-10-9-19(24-21)25-11-13-26(14-12-25)20(27)18-4-3-15-28-18/h3-10,15H,2,11-14H2,1H3,(H,22,23,24). The predicted octanol–water partition coefficient (Wildman–Crippen LogP) is 3.34. The summed E-state index contributed by atoms with van der Waals surface area (Å²) in [5.74, 6) is 1.74. The van der Waals surface area contributed by atoms with Crippen LogP contribution in [0.5, 0.6) is 0 Å².